The Bertz CT molecular complexity index is 590. The van der Waals surface area contributed by atoms with Crippen LogP contribution in [0.3, 0.4) is 0 Å². The average molecular weight is 242 g/mol. The van der Waals surface area contributed by atoms with Crippen molar-refractivity contribution in [2.75, 3.05) is 0 Å². The summed E-state index contributed by atoms with van der Waals surface area (Å²) in [5, 5.41) is 0. The van der Waals surface area contributed by atoms with Crippen molar-refractivity contribution < 1.29 is 13.9 Å². The molecule has 1 aliphatic rings. The monoisotopic (exact) mass is 242 g/mol. The van der Waals surface area contributed by atoms with Crippen molar-refractivity contribution in [3.8, 4) is 5.75 Å². The quantitative estimate of drug-likeness (QED) is 0.566. The first-order valence-corrected chi connectivity index (χ1v) is 5.79. The molecule has 0 aliphatic carbocycles. The predicted octanol–water partition coefficient (Wildman–Crippen LogP) is 3.27. The Morgan fingerprint density at radius 1 is 1.06 bits per heavy atom. The van der Waals surface area contributed by atoms with Gasteiger partial charge in [0.2, 0.25) is 0 Å². The number of hydrogen-bond donors (Lipinski definition) is 0. The first-order valence-electron chi connectivity index (χ1n) is 5.79. The predicted molar refractivity (Wildman–Crippen MR) is 64.9 cm³/mol. The number of carbonyl (C=O) groups excluding carboxylic acids is 1. The number of rotatable bonds is 1. The second-order valence-corrected chi connectivity index (χ2v) is 4.32. The first kappa shape index (κ1) is 11.0. The van der Waals surface area contributed by atoms with E-state index in [9.17, 15) is 9.18 Å². The van der Waals surface area contributed by atoms with Gasteiger partial charge < -0.3 is 4.74 Å². The first-order chi connectivity index (χ1) is 8.74. The maximum absolute atomic E-state index is 12.9. The maximum Gasteiger partial charge on any atom is 0.312 e. The Labute approximate surface area is 104 Å². The van der Waals surface area contributed by atoms with Crippen molar-refractivity contribution in [3.05, 3.63) is 65.5 Å². The van der Waals surface area contributed by atoms with Crippen LogP contribution in [0.25, 0.3) is 0 Å². The average Bonchev–Trinajstić information content (AvgIpc) is 2.38. The molecule has 2 aromatic rings. The summed E-state index contributed by atoms with van der Waals surface area (Å²) in [6.07, 6.45) is 0.294. The molecule has 0 fully saturated rings. The fourth-order valence-electron chi connectivity index (χ4n) is 2.29. The lowest BCUT2D eigenvalue weighted by atomic mass is 9.86. The molecule has 0 unspecified atom stereocenters. The van der Waals surface area contributed by atoms with Crippen LogP contribution in [0.4, 0.5) is 4.39 Å². The van der Waals surface area contributed by atoms with Gasteiger partial charge in [-0.1, -0.05) is 30.3 Å². The minimum absolute atomic E-state index is 0.0527. The van der Waals surface area contributed by atoms with E-state index in [1.54, 1.807) is 18.2 Å². The Morgan fingerprint density at radius 3 is 2.56 bits per heavy atom. The molecule has 0 bridgehead atoms. The van der Waals surface area contributed by atoms with Crippen LogP contribution in [0.15, 0.2) is 48.5 Å². The van der Waals surface area contributed by atoms with Crippen molar-refractivity contribution in [1.29, 1.82) is 0 Å². The third-order valence-electron chi connectivity index (χ3n) is 3.16. The summed E-state index contributed by atoms with van der Waals surface area (Å²) in [6.45, 7) is 0. The number of benzene rings is 2. The molecule has 18 heavy (non-hydrogen) atoms. The molecule has 3 heteroatoms. The number of esters is 1. The third kappa shape index (κ3) is 1.88. The van der Waals surface area contributed by atoms with E-state index >= 15 is 0 Å². The fraction of sp³-hybridized carbons (Fsp3) is 0.133. The van der Waals surface area contributed by atoms with E-state index in [1.165, 1.54) is 12.1 Å². The maximum atomic E-state index is 12.9. The summed E-state index contributed by atoms with van der Waals surface area (Å²) in [6, 6.07) is 13.7. The summed E-state index contributed by atoms with van der Waals surface area (Å²) in [4.78, 5) is 11.6. The van der Waals surface area contributed by atoms with Gasteiger partial charge in [-0.05, 0) is 23.8 Å². The molecule has 0 radical (unpaired) electrons. The molecule has 0 spiro atoms. The van der Waals surface area contributed by atoms with Gasteiger partial charge in [0.15, 0.2) is 0 Å². The Kier molecular flexibility index (Phi) is 2.59. The molecular weight excluding hydrogens is 231 g/mol. The van der Waals surface area contributed by atoms with Crippen LogP contribution in [0.5, 0.6) is 5.75 Å². The standard InChI is InChI=1S/C15H11FO2/c16-11-7-5-10(6-8-11)13-9-15(17)18-14-4-2-1-3-12(13)14/h1-8,13H,9H2/t13-/m1/s1. The minimum atomic E-state index is -0.273. The zero-order valence-electron chi connectivity index (χ0n) is 9.60. The van der Waals surface area contributed by atoms with Crippen molar-refractivity contribution >= 4 is 5.97 Å². The van der Waals surface area contributed by atoms with Crippen molar-refractivity contribution in [2.45, 2.75) is 12.3 Å². The van der Waals surface area contributed by atoms with Crippen LogP contribution in [0, 0.1) is 5.82 Å². The summed E-state index contributed by atoms with van der Waals surface area (Å²) >= 11 is 0. The number of fused-ring (bicyclic) bond motifs is 1. The van der Waals surface area contributed by atoms with Crippen molar-refractivity contribution in [2.24, 2.45) is 0 Å². The zero-order valence-corrected chi connectivity index (χ0v) is 9.60. The highest BCUT2D eigenvalue weighted by Gasteiger charge is 2.27. The molecule has 1 atom stereocenters. The van der Waals surface area contributed by atoms with Gasteiger partial charge in [-0.15, -0.1) is 0 Å². The van der Waals surface area contributed by atoms with Crippen LogP contribution in [-0.4, -0.2) is 5.97 Å². The molecule has 0 N–H and O–H groups in total. The number of hydrogen-bond acceptors (Lipinski definition) is 2. The second-order valence-electron chi connectivity index (χ2n) is 4.32. The van der Waals surface area contributed by atoms with E-state index in [2.05, 4.69) is 0 Å². The molecular formula is C15H11FO2. The van der Waals surface area contributed by atoms with Crippen LogP contribution in [0.2, 0.25) is 0 Å². The number of halogens is 1. The van der Waals surface area contributed by atoms with E-state index in [1.807, 2.05) is 18.2 Å². The normalized spacial score (nSPS) is 18.1. The molecule has 3 rings (SSSR count). The second kappa shape index (κ2) is 4.26. The molecule has 2 aromatic carbocycles. The van der Waals surface area contributed by atoms with Crippen LogP contribution < -0.4 is 4.74 Å². The lowest BCUT2D eigenvalue weighted by molar-refractivity contribution is -0.135. The molecule has 1 heterocycles. The Hall–Kier alpha value is -2.16. The lowest BCUT2D eigenvalue weighted by Gasteiger charge is -2.24. The van der Waals surface area contributed by atoms with E-state index in [0.717, 1.165) is 11.1 Å². The highest BCUT2D eigenvalue weighted by Crippen LogP contribution is 2.38. The van der Waals surface area contributed by atoms with Gasteiger partial charge in [0.05, 0.1) is 6.42 Å². The highest BCUT2D eigenvalue weighted by atomic mass is 19.1. The van der Waals surface area contributed by atoms with Crippen LogP contribution in [0.1, 0.15) is 23.5 Å². The van der Waals surface area contributed by atoms with E-state index in [0.29, 0.717) is 12.2 Å². The molecule has 2 nitrogen and oxygen atoms in total. The summed E-state index contributed by atoms with van der Waals surface area (Å²) in [5.74, 6) is 0.0274. The minimum Gasteiger partial charge on any atom is -0.426 e. The van der Waals surface area contributed by atoms with Crippen LogP contribution in [-0.2, 0) is 4.79 Å². The van der Waals surface area contributed by atoms with Gasteiger partial charge in [-0.3, -0.25) is 4.79 Å². The van der Waals surface area contributed by atoms with Crippen molar-refractivity contribution in [1.82, 2.24) is 0 Å². The number of carbonyl (C=O) groups is 1. The zero-order chi connectivity index (χ0) is 12.5. The van der Waals surface area contributed by atoms with E-state index in [-0.39, 0.29) is 17.7 Å². The summed E-state index contributed by atoms with van der Waals surface area (Å²) < 4.78 is 18.1. The van der Waals surface area contributed by atoms with Gasteiger partial charge in [-0.2, -0.15) is 0 Å². The number of para-hydroxylation sites is 1. The Morgan fingerprint density at radius 2 is 1.78 bits per heavy atom. The third-order valence-corrected chi connectivity index (χ3v) is 3.16. The molecule has 1 aliphatic heterocycles. The summed E-state index contributed by atoms with van der Waals surface area (Å²) in [7, 11) is 0. The van der Waals surface area contributed by atoms with Crippen molar-refractivity contribution in [3.63, 3.8) is 0 Å². The summed E-state index contributed by atoms with van der Waals surface area (Å²) in [5.41, 5.74) is 1.91. The van der Waals surface area contributed by atoms with Gasteiger partial charge in [-0.25, -0.2) is 4.39 Å². The largest absolute Gasteiger partial charge is 0.426 e. The molecule has 0 aromatic heterocycles. The molecule has 0 saturated heterocycles. The molecule has 0 amide bonds. The Balaban J connectivity index is 2.07. The van der Waals surface area contributed by atoms with Gasteiger partial charge >= 0.3 is 5.97 Å². The SMILES string of the molecule is O=C1C[C@H](c2ccc(F)cc2)c2ccccc2O1. The molecule has 90 valence electrons. The van der Waals surface area contributed by atoms with E-state index < -0.39 is 0 Å². The highest BCUT2D eigenvalue weighted by molar-refractivity contribution is 5.77. The van der Waals surface area contributed by atoms with Gasteiger partial charge in [0.1, 0.15) is 11.6 Å². The van der Waals surface area contributed by atoms with Crippen LogP contribution >= 0.6 is 0 Å². The topological polar surface area (TPSA) is 26.3 Å². The smallest absolute Gasteiger partial charge is 0.312 e. The van der Waals surface area contributed by atoms with Gasteiger partial charge in [0.25, 0.3) is 0 Å². The molecule has 0 saturated carbocycles. The van der Waals surface area contributed by atoms with E-state index in [4.69, 9.17) is 4.74 Å². The van der Waals surface area contributed by atoms with Gasteiger partial charge in [0, 0.05) is 11.5 Å². The number of ether oxygens (including phenoxy) is 1. The lowest BCUT2D eigenvalue weighted by Crippen LogP contribution is -2.20. The fourth-order valence-corrected chi connectivity index (χ4v) is 2.29.